The molecule has 1 aromatic heterocycles. The van der Waals surface area contributed by atoms with E-state index in [-0.39, 0.29) is 0 Å². The van der Waals surface area contributed by atoms with Gasteiger partial charge in [-0.05, 0) is 37.1 Å². The van der Waals surface area contributed by atoms with Crippen LogP contribution in [0.2, 0.25) is 0 Å². The number of carbonyl (C=O) groups is 1. The molecule has 0 unspecified atom stereocenters. The highest BCUT2D eigenvalue weighted by molar-refractivity contribution is 7.09. The van der Waals surface area contributed by atoms with Crippen molar-refractivity contribution in [2.75, 3.05) is 19.8 Å². The Morgan fingerprint density at radius 3 is 2.90 bits per heavy atom. The molecule has 0 spiro atoms. The van der Waals surface area contributed by atoms with Crippen molar-refractivity contribution in [3.05, 3.63) is 22.4 Å². The fourth-order valence-electron chi connectivity index (χ4n) is 2.66. The zero-order chi connectivity index (χ0) is 14.2. The molecular weight excluding hydrogens is 270 g/mol. The van der Waals surface area contributed by atoms with Crippen molar-refractivity contribution in [1.29, 1.82) is 0 Å². The van der Waals surface area contributed by atoms with E-state index in [4.69, 9.17) is 4.74 Å². The van der Waals surface area contributed by atoms with E-state index in [0.717, 1.165) is 51.9 Å². The van der Waals surface area contributed by atoms with Gasteiger partial charge in [0, 0.05) is 37.1 Å². The Morgan fingerprint density at radius 1 is 1.45 bits per heavy atom. The van der Waals surface area contributed by atoms with E-state index in [1.807, 2.05) is 0 Å². The van der Waals surface area contributed by atoms with E-state index in [1.54, 1.807) is 11.3 Å². The number of nitrogens with zero attached hydrogens (tertiary/aromatic N) is 1. The number of ether oxygens (including phenoxy) is 1. The molecule has 20 heavy (non-hydrogen) atoms. The molecule has 0 atom stereocenters. The van der Waals surface area contributed by atoms with Gasteiger partial charge < -0.3 is 9.64 Å². The average Bonchev–Trinajstić information content (AvgIpc) is 3.00. The summed E-state index contributed by atoms with van der Waals surface area (Å²) in [4.78, 5) is 15.9. The Balaban J connectivity index is 1.92. The van der Waals surface area contributed by atoms with E-state index in [2.05, 4.69) is 29.3 Å². The molecule has 3 nitrogen and oxygen atoms in total. The fourth-order valence-corrected chi connectivity index (χ4v) is 3.36. The number of hydrogen-bond donors (Lipinski definition) is 0. The van der Waals surface area contributed by atoms with Crippen molar-refractivity contribution in [3.8, 4) is 0 Å². The summed E-state index contributed by atoms with van der Waals surface area (Å²) >= 11 is 1.78. The van der Waals surface area contributed by atoms with Crippen molar-refractivity contribution in [2.24, 2.45) is 0 Å². The maximum absolute atomic E-state index is 12.4. The number of amides is 1. The second-order valence-electron chi connectivity index (χ2n) is 5.36. The Hall–Kier alpha value is -0.870. The van der Waals surface area contributed by atoms with Gasteiger partial charge >= 0.3 is 0 Å². The van der Waals surface area contributed by atoms with Crippen molar-refractivity contribution in [2.45, 2.75) is 51.5 Å². The number of rotatable bonds is 7. The Morgan fingerprint density at radius 2 is 2.25 bits per heavy atom. The third-order valence-corrected chi connectivity index (χ3v) is 4.81. The molecule has 0 saturated carbocycles. The lowest BCUT2D eigenvalue weighted by molar-refractivity contribution is -0.135. The van der Waals surface area contributed by atoms with Gasteiger partial charge in [-0.25, -0.2) is 0 Å². The third kappa shape index (κ3) is 4.60. The Labute approximate surface area is 125 Å². The smallest absolute Gasteiger partial charge is 0.222 e. The summed E-state index contributed by atoms with van der Waals surface area (Å²) in [6.07, 6.45) is 5.73. The van der Waals surface area contributed by atoms with Gasteiger partial charge in [0.1, 0.15) is 0 Å². The van der Waals surface area contributed by atoms with Crippen LogP contribution in [0, 0.1) is 0 Å². The molecule has 1 amide bonds. The first kappa shape index (κ1) is 15.5. The van der Waals surface area contributed by atoms with E-state index in [0.29, 0.717) is 18.4 Å². The standard InChI is InChI=1S/C16H25NO2S/c1-2-3-6-16(18)17(14-8-11-19-12-9-14)10-7-15-5-4-13-20-15/h4-5,13-14H,2-3,6-12H2,1H3. The molecular formula is C16H25NO2S. The van der Waals surface area contributed by atoms with E-state index >= 15 is 0 Å². The molecule has 0 bridgehead atoms. The Kier molecular flexibility index (Phi) is 6.54. The molecule has 1 fully saturated rings. The monoisotopic (exact) mass is 295 g/mol. The van der Waals surface area contributed by atoms with Gasteiger partial charge in [0.25, 0.3) is 0 Å². The van der Waals surface area contributed by atoms with Crippen LogP contribution in [-0.4, -0.2) is 36.6 Å². The first-order chi connectivity index (χ1) is 9.81. The van der Waals surface area contributed by atoms with Crippen LogP contribution in [0.15, 0.2) is 17.5 Å². The summed E-state index contributed by atoms with van der Waals surface area (Å²) in [6.45, 7) is 4.58. The molecule has 4 heteroatoms. The zero-order valence-corrected chi connectivity index (χ0v) is 13.2. The second-order valence-corrected chi connectivity index (χ2v) is 6.40. The molecule has 0 radical (unpaired) electrons. The number of carbonyl (C=O) groups excluding carboxylic acids is 1. The van der Waals surface area contributed by atoms with Gasteiger partial charge in [-0.2, -0.15) is 0 Å². The first-order valence-electron chi connectivity index (χ1n) is 7.71. The quantitative estimate of drug-likeness (QED) is 0.770. The summed E-state index contributed by atoms with van der Waals surface area (Å²) in [5.74, 6) is 0.329. The molecule has 0 aromatic carbocycles. The number of unbranched alkanes of at least 4 members (excludes halogenated alkanes) is 1. The SMILES string of the molecule is CCCCC(=O)N(CCc1cccs1)C1CCOCC1. The van der Waals surface area contributed by atoms with Gasteiger partial charge in [-0.3, -0.25) is 4.79 Å². The molecule has 0 N–H and O–H groups in total. The van der Waals surface area contributed by atoms with E-state index in [1.165, 1.54) is 4.88 Å². The van der Waals surface area contributed by atoms with Gasteiger partial charge in [-0.1, -0.05) is 19.4 Å². The molecule has 0 aliphatic carbocycles. The van der Waals surface area contributed by atoms with Crippen LogP contribution in [0.25, 0.3) is 0 Å². The van der Waals surface area contributed by atoms with Crippen LogP contribution in [0.3, 0.4) is 0 Å². The average molecular weight is 295 g/mol. The van der Waals surface area contributed by atoms with Crippen molar-refractivity contribution in [3.63, 3.8) is 0 Å². The topological polar surface area (TPSA) is 29.5 Å². The molecule has 2 heterocycles. The molecule has 1 aliphatic rings. The lowest BCUT2D eigenvalue weighted by atomic mass is 10.1. The Bertz CT molecular complexity index is 385. The van der Waals surface area contributed by atoms with Crippen LogP contribution in [0.1, 0.15) is 43.9 Å². The lowest BCUT2D eigenvalue weighted by Crippen LogP contribution is -2.44. The molecule has 1 aromatic rings. The van der Waals surface area contributed by atoms with Crippen LogP contribution in [0.5, 0.6) is 0 Å². The van der Waals surface area contributed by atoms with Crippen LogP contribution in [-0.2, 0) is 16.0 Å². The predicted molar refractivity (Wildman–Crippen MR) is 83.1 cm³/mol. The van der Waals surface area contributed by atoms with Crippen molar-refractivity contribution in [1.82, 2.24) is 4.90 Å². The fraction of sp³-hybridized carbons (Fsp3) is 0.688. The third-order valence-electron chi connectivity index (χ3n) is 3.88. The highest BCUT2D eigenvalue weighted by atomic mass is 32.1. The maximum Gasteiger partial charge on any atom is 0.222 e. The zero-order valence-electron chi connectivity index (χ0n) is 12.3. The summed E-state index contributed by atoms with van der Waals surface area (Å²) in [5.41, 5.74) is 0. The van der Waals surface area contributed by atoms with Crippen molar-refractivity contribution >= 4 is 17.2 Å². The summed E-state index contributed by atoms with van der Waals surface area (Å²) < 4.78 is 5.43. The van der Waals surface area contributed by atoms with Crippen LogP contribution < -0.4 is 0 Å². The number of hydrogen-bond acceptors (Lipinski definition) is 3. The van der Waals surface area contributed by atoms with Gasteiger partial charge in [-0.15, -0.1) is 11.3 Å². The van der Waals surface area contributed by atoms with Gasteiger partial charge in [0.15, 0.2) is 0 Å². The predicted octanol–water partition coefficient (Wildman–Crippen LogP) is 3.49. The highest BCUT2D eigenvalue weighted by Crippen LogP contribution is 2.18. The second kappa shape index (κ2) is 8.42. The summed E-state index contributed by atoms with van der Waals surface area (Å²) in [7, 11) is 0. The lowest BCUT2D eigenvalue weighted by Gasteiger charge is -2.34. The summed E-state index contributed by atoms with van der Waals surface area (Å²) in [6, 6.07) is 4.62. The first-order valence-corrected chi connectivity index (χ1v) is 8.59. The minimum Gasteiger partial charge on any atom is -0.381 e. The van der Waals surface area contributed by atoms with Gasteiger partial charge in [0.05, 0.1) is 0 Å². The number of thiophene rings is 1. The minimum absolute atomic E-state index is 0.329. The van der Waals surface area contributed by atoms with Crippen LogP contribution >= 0.6 is 11.3 Å². The van der Waals surface area contributed by atoms with E-state index in [9.17, 15) is 4.79 Å². The van der Waals surface area contributed by atoms with E-state index < -0.39 is 0 Å². The maximum atomic E-state index is 12.4. The minimum atomic E-state index is 0.329. The molecule has 1 saturated heterocycles. The van der Waals surface area contributed by atoms with Crippen LogP contribution in [0.4, 0.5) is 0 Å². The highest BCUT2D eigenvalue weighted by Gasteiger charge is 2.25. The molecule has 2 rings (SSSR count). The van der Waals surface area contributed by atoms with Gasteiger partial charge in [0.2, 0.25) is 5.91 Å². The largest absolute Gasteiger partial charge is 0.381 e. The molecule has 1 aliphatic heterocycles. The normalized spacial score (nSPS) is 16.2. The summed E-state index contributed by atoms with van der Waals surface area (Å²) in [5, 5.41) is 2.10. The molecule has 112 valence electrons. The van der Waals surface area contributed by atoms with Crippen molar-refractivity contribution < 1.29 is 9.53 Å².